The number of aromatic nitrogens is 2. The van der Waals surface area contributed by atoms with Gasteiger partial charge in [0.2, 0.25) is 17.7 Å². The lowest BCUT2D eigenvalue weighted by Gasteiger charge is -2.32. The van der Waals surface area contributed by atoms with E-state index in [1.54, 1.807) is 55.4 Å². The molecule has 21 heteroatoms. The minimum Gasteiger partial charge on any atom is -0.507 e. The summed E-state index contributed by atoms with van der Waals surface area (Å²) in [5.74, 6) is -4.72. The summed E-state index contributed by atoms with van der Waals surface area (Å²) in [6.45, 7) is 20.7. The Morgan fingerprint density at radius 2 is 1.38 bits per heavy atom. The van der Waals surface area contributed by atoms with E-state index in [0.717, 1.165) is 23.1 Å². The number of alkyl carbamates (subject to hydrolysis) is 2. The SMILES string of the molecule is COC(=O)[C@@H]1Cc2cc(OCCNC(=O)OC(C)(C)C)c(O)c(c2)-c2cc(ccc2O)[C@H](N(C)C(=O)[C@@H](CCNC(=O)OC(C)(C)C)NC(=O)c2c(C)nc(-c3ccc(C(C)(C)C)cc3)nc2C)C(=O)N[C@H](C)C(=O)N1. The highest BCUT2D eigenvalue weighted by atomic mass is 16.6. The minimum atomic E-state index is -1.62. The molecule has 1 aliphatic rings. The molecule has 21 nitrogen and oxygen atoms in total. The van der Waals surface area contributed by atoms with Crippen LogP contribution in [0.3, 0.4) is 0 Å². The molecule has 0 fully saturated rings. The highest BCUT2D eigenvalue weighted by Crippen LogP contribution is 2.43. The van der Waals surface area contributed by atoms with Crippen molar-refractivity contribution in [2.45, 2.75) is 137 Å². The number of phenols is 2. The fourth-order valence-corrected chi connectivity index (χ4v) is 8.23. The van der Waals surface area contributed by atoms with Crippen LogP contribution in [0.2, 0.25) is 0 Å². The lowest BCUT2D eigenvalue weighted by Crippen LogP contribution is -2.55. The van der Waals surface area contributed by atoms with Crippen LogP contribution in [0.4, 0.5) is 9.59 Å². The number of carbonyl (C=O) groups excluding carboxylic acids is 7. The van der Waals surface area contributed by atoms with Crippen molar-refractivity contribution >= 4 is 41.8 Å². The van der Waals surface area contributed by atoms with Crippen LogP contribution in [-0.2, 0) is 45.2 Å². The molecule has 410 valence electrons. The molecule has 0 saturated carbocycles. The molecular formula is C55H72N8O13. The normalized spacial score (nSPS) is 16.4. The first-order valence-corrected chi connectivity index (χ1v) is 24.8. The number of phenolic OH excluding ortho intramolecular Hbond substituents is 2. The summed E-state index contributed by atoms with van der Waals surface area (Å²) in [5.41, 5.74) is 1.16. The van der Waals surface area contributed by atoms with Crippen molar-refractivity contribution in [3.8, 4) is 39.8 Å². The number of hydrogen-bond donors (Lipinski definition) is 7. The third-order valence-corrected chi connectivity index (χ3v) is 12.0. The highest BCUT2D eigenvalue weighted by molar-refractivity contribution is 6.00. The molecule has 3 aromatic carbocycles. The van der Waals surface area contributed by atoms with Crippen LogP contribution < -0.4 is 31.3 Å². The molecule has 6 amide bonds. The molecule has 4 atom stereocenters. The first-order valence-electron chi connectivity index (χ1n) is 24.8. The first-order chi connectivity index (χ1) is 35.4. The van der Waals surface area contributed by atoms with E-state index in [0.29, 0.717) is 22.8 Å². The average Bonchev–Trinajstić information content (AvgIpc) is 3.31. The van der Waals surface area contributed by atoms with Crippen molar-refractivity contribution < 1.29 is 62.7 Å². The van der Waals surface area contributed by atoms with Gasteiger partial charge >= 0.3 is 18.2 Å². The van der Waals surface area contributed by atoms with Crippen molar-refractivity contribution in [3.63, 3.8) is 0 Å². The Morgan fingerprint density at radius 1 is 0.789 bits per heavy atom. The maximum atomic E-state index is 15.1. The predicted octanol–water partition coefficient (Wildman–Crippen LogP) is 5.97. The second kappa shape index (κ2) is 24.1. The van der Waals surface area contributed by atoms with Gasteiger partial charge in [-0.05, 0) is 115 Å². The molecule has 5 rings (SSSR count). The van der Waals surface area contributed by atoms with E-state index in [-0.39, 0.29) is 71.7 Å². The van der Waals surface area contributed by atoms with Crippen LogP contribution >= 0.6 is 0 Å². The van der Waals surface area contributed by atoms with E-state index in [1.165, 1.54) is 44.3 Å². The van der Waals surface area contributed by atoms with E-state index < -0.39 is 82.9 Å². The number of aromatic hydroxyl groups is 2. The summed E-state index contributed by atoms with van der Waals surface area (Å²) in [6, 6.07) is 8.93. The molecule has 4 aromatic rings. The molecule has 4 bridgehead atoms. The lowest BCUT2D eigenvalue weighted by atomic mass is 9.86. The number of aryl methyl sites for hydroxylation is 2. The minimum absolute atomic E-state index is 0.0399. The van der Waals surface area contributed by atoms with Gasteiger partial charge in [0.1, 0.15) is 47.7 Å². The second-order valence-corrected chi connectivity index (χ2v) is 21.6. The molecule has 7 N–H and O–H groups in total. The molecule has 0 unspecified atom stereocenters. The van der Waals surface area contributed by atoms with E-state index in [2.05, 4.69) is 57.3 Å². The third-order valence-electron chi connectivity index (χ3n) is 12.0. The molecule has 1 aliphatic heterocycles. The number of fused-ring (bicyclic) bond motifs is 5. The molecular weight excluding hydrogens is 981 g/mol. The van der Waals surface area contributed by atoms with Crippen LogP contribution in [0.5, 0.6) is 17.2 Å². The van der Waals surface area contributed by atoms with Crippen LogP contribution in [0.25, 0.3) is 22.5 Å². The molecule has 0 aliphatic carbocycles. The van der Waals surface area contributed by atoms with Crippen LogP contribution in [0.15, 0.2) is 54.6 Å². The summed E-state index contributed by atoms with van der Waals surface area (Å²) in [7, 11) is 2.43. The number of ether oxygens (including phenoxy) is 4. The third kappa shape index (κ3) is 15.5. The van der Waals surface area contributed by atoms with E-state index in [9.17, 15) is 39.0 Å². The Labute approximate surface area is 443 Å². The molecule has 0 spiro atoms. The zero-order valence-electron chi connectivity index (χ0n) is 45.8. The standard InChI is InChI=1S/C55H72N8O13/c1-29-42(30(2)59-45(58-29)33-15-18-35(19-16-33)53(4,5)6)47(67)61-38(21-22-56-51(71)75-54(7,8)9)49(69)63(13)43-34-17-20-40(64)36(28-34)37-25-32(26-39(50(70)73-14)62-46(66)31(3)60-48(43)68)27-41(44(37)65)74-24-23-57-52(72)76-55(10,11)12/h15-20,25,27-28,31,38-39,43,64-65H,21-24,26H2,1-14H3,(H,56,71)(H,57,72)(H,60,68)(H,61,67)(H,62,66)/t31-,38-,39+,43+/m1/s1. The lowest BCUT2D eigenvalue weighted by molar-refractivity contribution is -0.145. The molecule has 76 heavy (non-hydrogen) atoms. The average molecular weight is 1050 g/mol. The van der Waals surface area contributed by atoms with E-state index >= 15 is 4.79 Å². The zero-order valence-corrected chi connectivity index (χ0v) is 45.8. The van der Waals surface area contributed by atoms with Gasteiger partial charge < -0.3 is 60.6 Å². The zero-order chi connectivity index (χ0) is 56.6. The number of methoxy groups -OCH3 is 1. The van der Waals surface area contributed by atoms with Crippen molar-refractivity contribution in [2.24, 2.45) is 0 Å². The van der Waals surface area contributed by atoms with Gasteiger partial charge in [0.15, 0.2) is 17.3 Å². The molecule has 2 heterocycles. The van der Waals surface area contributed by atoms with Crippen molar-refractivity contribution in [2.75, 3.05) is 33.9 Å². The van der Waals surface area contributed by atoms with Gasteiger partial charge in [0.05, 0.1) is 30.6 Å². The molecule has 0 radical (unpaired) electrons. The van der Waals surface area contributed by atoms with Crippen molar-refractivity contribution in [3.05, 3.63) is 88.2 Å². The Hall–Kier alpha value is -7.97. The van der Waals surface area contributed by atoms with Crippen molar-refractivity contribution in [1.82, 2.24) is 41.5 Å². The largest absolute Gasteiger partial charge is 0.507 e. The first kappa shape index (κ1) is 58.9. The Bertz CT molecular complexity index is 2810. The van der Waals surface area contributed by atoms with Gasteiger partial charge in [-0.25, -0.2) is 24.4 Å². The van der Waals surface area contributed by atoms with Gasteiger partial charge in [0.25, 0.3) is 5.91 Å². The number of amides is 6. The summed E-state index contributed by atoms with van der Waals surface area (Å²) < 4.78 is 21.7. The van der Waals surface area contributed by atoms with Crippen LogP contribution in [-0.4, -0.2) is 130 Å². The quantitative estimate of drug-likeness (QED) is 0.0461. The van der Waals surface area contributed by atoms with Gasteiger partial charge in [-0.15, -0.1) is 0 Å². The predicted molar refractivity (Wildman–Crippen MR) is 281 cm³/mol. The Morgan fingerprint density at radius 3 is 1.95 bits per heavy atom. The Balaban J connectivity index is 1.57. The fourth-order valence-electron chi connectivity index (χ4n) is 8.23. The number of rotatable bonds is 13. The van der Waals surface area contributed by atoms with Crippen LogP contribution in [0.1, 0.15) is 120 Å². The maximum Gasteiger partial charge on any atom is 0.407 e. The fraction of sp³-hybridized carbons (Fsp3) is 0.473. The Kier molecular flexibility index (Phi) is 18.7. The van der Waals surface area contributed by atoms with Gasteiger partial charge in [-0.3, -0.25) is 19.2 Å². The van der Waals surface area contributed by atoms with E-state index in [4.69, 9.17) is 18.9 Å². The molecule has 0 saturated heterocycles. The maximum absolute atomic E-state index is 15.1. The smallest absolute Gasteiger partial charge is 0.407 e. The number of likely N-dealkylation sites (N-methyl/N-ethyl adjacent to an activating group) is 1. The topological polar surface area (TPSA) is 286 Å². The summed E-state index contributed by atoms with van der Waals surface area (Å²) in [5, 5.41) is 36.5. The highest BCUT2D eigenvalue weighted by Gasteiger charge is 2.37. The van der Waals surface area contributed by atoms with Crippen LogP contribution in [0, 0.1) is 13.8 Å². The van der Waals surface area contributed by atoms with Gasteiger partial charge in [-0.2, -0.15) is 0 Å². The van der Waals surface area contributed by atoms with Gasteiger partial charge in [-0.1, -0.05) is 51.1 Å². The number of carbonyl (C=O) groups is 7. The van der Waals surface area contributed by atoms with E-state index in [1.807, 2.05) is 24.3 Å². The summed E-state index contributed by atoms with van der Waals surface area (Å²) in [4.78, 5) is 107. The monoisotopic (exact) mass is 1050 g/mol. The second-order valence-electron chi connectivity index (χ2n) is 21.6. The number of benzene rings is 3. The molecule has 1 aromatic heterocycles. The number of nitrogens with zero attached hydrogens (tertiary/aromatic N) is 3. The summed E-state index contributed by atoms with van der Waals surface area (Å²) >= 11 is 0. The van der Waals surface area contributed by atoms with Crippen molar-refractivity contribution in [1.29, 1.82) is 0 Å². The number of esters is 1. The number of nitrogens with one attached hydrogen (secondary N) is 5. The van der Waals surface area contributed by atoms with Gasteiger partial charge in [0, 0.05) is 36.7 Å². The summed E-state index contributed by atoms with van der Waals surface area (Å²) in [6.07, 6.45) is -1.92. The number of hydrogen-bond acceptors (Lipinski definition) is 15.